The van der Waals surface area contributed by atoms with Crippen LogP contribution in [0.3, 0.4) is 0 Å². The molecule has 1 aromatic carbocycles. The number of benzene rings is 1. The smallest absolute Gasteiger partial charge is 0.267 e. The van der Waals surface area contributed by atoms with Gasteiger partial charge in [0.1, 0.15) is 4.21 Å². The molecule has 1 aromatic heterocycles. The Kier molecular flexibility index (Phi) is 3.68. The highest BCUT2D eigenvalue weighted by molar-refractivity contribution is 7.93. The minimum Gasteiger partial charge on any atom is -0.276 e. The molecule has 0 atom stereocenters. The van der Waals surface area contributed by atoms with E-state index in [9.17, 15) is 13.2 Å². The first kappa shape index (κ1) is 13.0. The van der Waals surface area contributed by atoms with Gasteiger partial charge in [0.2, 0.25) is 0 Å². The molecule has 0 amide bonds. The molecule has 1 heterocycles. The van der Waals surface area contributed by atoms with Crippen molar-refractivity contribution in [3.8, 4) is 11.1 Å². The molecule has 0 aliphatic rings. The second-order valence-electron chi connectivity index (χ2n) is 3.88. The molecule has 0 bridgehead atoms. The molecule has 2 rings (SSSR count). The Morgan fingerprint density at radius 1 is 1.22 bits per heavy atom. The van der Waals surface area contributed by atoms with Crippen LogP contribution in [0.2, 0.25) is 0 Å². The fraction of sp³-hybridized carbons (Fsp3) is 0.250. The minimum absolute atomic E-state index is 0.0562. The van der Waals surface area contributed by atoms with Gasteiger partial charge in [0.15, 0.2) is 9.84 Å². The summed E-state index contributed by atoms with van der Waals surface area (Å²) in [7, 11) is -3.38. The van der Waals surface area contributed by atoms with Crippen LogP contribution in [0.4, 0.5) is 0 Å². The van der Waals surface area contributed by atoms with E-state index in [1.54, 1.807) is 31.2 Å². The fourth-order valence-electron chi connectivity index (χ4n) is 1.72. The number of aromatic nitrogens is 1. The fourth-order valence-corrected chi connectivity index (χ4v) is 4.45. The summed E-state index contributed by atoms with van der Waals surface area (Å²) in [6, 6.07) is 8.86. The summed E-state index contributed by atoms with van der Waals surface area (Å²) in [4.78, 5) is 11.8. The van der Waals surface area contributed by atoms with Gasteiger partial charge in [0.05, 0.1) is 11.3 Å². The van der Waals surface area contributed by atoms with E-state index in [1.165, 1.54) is 0 Å². The molecule has 6 heteroatoms. The predicted molar refractivity (Wildman–Crippen MR) is 72.7 cm³/mol. The van der Waals surface area contributed by atoms with Gasteiger partial charge >= 0.3 is 0 Å². The Morgan fingerprint density at radius 2 is 1.89 bits per heavy atom. The lowest BCUT2D eigenvalue weighted by Crippen LogP contribution is -2.08. The lowest BCUT2D eigenvalue weighted by molar-refractivity contribution is 0.597. The van der Waals surface area contributed by atoms with Gasteiger partial charge in [-0.25, -0.2) is 8.42 Å². The molecular formula is C12H13NO3S2. The van der Waals surface area contributed by atoms with Crippen molar-refractivity contribution < 1.29 is 8.42 Å². The van der Waals surface area contributed by atoms with Crippen LogP contribution in [0, 0.1) is 0 Å². The zero-order valence-corrected chi connectivity index (χ0v) is 11.5. The Hall–Kier alpha value is -1.40. The van der Waals surface area contributed by atoms with Crippen LogP contribution in [0.15, 0.2) is 39.3 Å². The zero-order valence-electron chi connectivity index (χ0n) is 9.84. The van der Waals surface area contributed by atoms with Crippen LogP contribution in [-0.4, -0.2) is 18.5 Å². The lowest BCUT2D eigenvalue weighted by Gasteiger charge is -2.02. The second kappa shape index (κ2) is 5.07. The third kappa shape index (κ3) is 2.39. The normalized spacial score (nSPS) is 11.6. The predicted octanol–water partition coefficient (Wildman–Crippen LogP) is 2.29. The van der Waals surface area contributed by atoms with E-state index in [4.69, 9.17) is 0 Å². The van der Waals surface area contributed by atoms with Crippen LogP contribution in [-0.2, 0) is 9.84 Å². The number of H-pyrrole nitrogens is 1. The van der Waals surface area contributed by atoms with Crippen LogP contribution in [0.25, 0.3) is 11.1 Å². The maximum absolute atomic E-state index is 12.1. The Balaban J connectivity index is 2.64. The quantitative estimate of drug-likeness (QED) is 0.936. The van der Waals surface area contributed by atoms with Gasteiger partial charge in [-0.05, 0) is 23.5 Å². The van der Waals surface area contributed by atoms with Crippen molar-refractivity contribution in [3.05, 3.63) is 40.7 Å². The summed E-state index contributed by atoms with van der Waals surface area (Å²) in [6.07, 6.45) is 0.530. The Morgan fingerprint density at radius 3 is 2.50 bits per heavy atom. The van der Waals surface area contributed by atoms with Crippen LogP contribution >= 0.6 is 11.5 Å². The zero-order chi connectivity index (χ0) is 13.2. The lowest BCUT2D eigenvalue weighted by atomic mass is 10.1. The van der Waals surface area contributed by atoms with E-state index in [-0.39, 0.29) is 21.1 Å². The SMILES string of the molecule is CCCS(=O)(=O)c1s[nH]c(=O)c1-c1ccccc1. The van der Waals surface area contributed by atoms with E-state index in [2.05, 4.69) is 4.37 Å². The molecule has 1 N–H and O–H groups in total. The van der Waals surface area contributed by atoms with Gasteiger partial charge < -0.3 is 0 Å². The molecule has 18 heavy (non-hydrogen) atoms. The van der Waals surface area contributed by atoms with E-state index in [1.807, 2.05) is 6.07 Å². The van der Waals surface area contributed by atoms with Gasteiger partial charge in [-0.1, -0.05) is 37.3 Å². The van der Waals surface area contributed by atoms with Crippen molar-refractivity contribution >= 4 is 21.4 Å². The monoisotopic (exact) mass is 283 g/mol. The largest absolute Gasteiger partial charge is 0.276 e. The molecule has 0 aliphatic heterocycles. The molecule has 96 valence electrons. The van der Waals surface area contributed by atoms with E-state index in [0.717, 1.165) is 11.5 Å². The first-order valence-corrected chi connectivity index (χ1v) is 8.03. The van der Waals surface area contributed by atoms with Crippen molar-refractivity contribution in [1.82, 2.24) is 4.37 Å². The van der Waals surface area contributed by atoms with Crippen molar-refractivity contribution in [2.75, 3.05) is 5.75 Å². The van der Waals surface area contributed by atoms with Crippen molar-refractivity contribution in [2.45, 2.75) is 17.6 Å². The number of hydrogen-bond donors (Lipinski definition) is 1. The van der Waals surface area contributed by atoms with E-state index >= 15 is 0 Å². The third-order valence-electron chi connectivity index (χ3n) is 2.49. The highest BCUT2D eigenvalue weighted by Crippen LogP contribution is 2.27. The van der Waals surface area contributed by atoms with E-state index in [0.29, 0.717) is 12.0 Å². The highest BCUT2D eigenvalue weighted by atomic mass is 32.2. The van der Waals surface area contributed by atoms with Crippen molar-refractivity contribution in [2.24, 2.45) is 0 Å². The number of hydrogen-bond acceptors (Lipinski definition) is 4. The average Bonchev–Trinajstić information content (AvgIpc) is 2.73. The molecule has 0 fully saturated rings. The van der Waals surface area contributed by atoms with Gasteiger partial charge in [-0.2, -0.15) is 0 Å². The molecule has 0 saturated heterocycles. The van der Waals surface area contributed by atoms with Gasteiger partial charge in [0, 0.05) is 0 Å². The average molecular weight is 283 g/mol. The third-order valence-corrected chi connectivity index (χ3v) is 5.89. The molecule has 0 aliphatic carbocycles. The molecule has 0 spiro atoms. The number of sulfone groups is 1. The number of nitrogens with one attached hydrogen (secondary N) is 1. The van der Waals surface area contributed by atoms with E-state index < -0.39 is 9.84 Å². The molecule has 0 saturated carbocycles. The maximum atomic E-state index is 12.1. The molecule has 0 radical (unpaired) electrons. The second-order valence-corrected chi connectivity index (χ2v) is 7.00. The topological polar surface area (TPSA) is 67.0 Å². The summed E-state index contributed by atoms with van der Waals surface area (Å²) >= 11 is 0.892. The van der Waals surface area contributed by atoms with Gasteiger partial charge in [-0.15, -0.1) is 0 Å². The number of rotatable bonds is 4. The molecule has 4 nitrogen and oxygen atoms in total. The first-order valence-electron chi connectivity index (χ1n) is 5.56. The Bertz CT molecular complexity index is 684. The summed E-state index contributed by atoms with van der Waals surface area (Å²) in [5.41, 5.74) is 0.546. The minimum atomic E-state index is -3.38. The first-order chi connectivity index (χ1) is 8.56. The summed E-state index contributed by atoms with van der Waals surface area (Å²) in [5.74, 6) is 0.0562. The Labute approximate surface area is 109 Å². The van der Waals surface area contributed by atoms with Gasteiger partial charge in [-0.3, -0.25) is 9.17 Å². The van der Waals surface area contributed by atoms with Crippen LogP contribution < -0.4 is 5.56 Å². The summed E-state index contributed by atoms with van der Waals surface area (Å²) in [5, 5.41) is 0. The van der Waals surface area contributed by atoms with Gasteiger partial charge in [0.25, 0.3) is 5.56 Å². The van der Waals surface area contributed by atoms with Crippen LogP contribution in [0.5, 0.6) is 0 Å². The molecule has 2 aromatic rings. The summed E-state index contributed by atoms with van der Waals surface area (Å²) < 4.78 is 26.8. The standard InChI is InChI=1S/C12H13NO3S2/c1-2-8-18(15,16)12-10(11(14)13-17-12)9-6-4-3-5-7-9/h3-7H,2,8H2,1H3,(H,13,14). The highest BCUT2D eigenvalue weighted by Gasteiger charge is 2.23. The van der Waals surface area contributed by atoms with Crippen molar-refractivity contribution in [1.29, 1.82) is 0 Å². The molecular weight excluding hydrogens is 270 g/mol. The summed E-state index contributed by atoms with van der Waals surface area (Å²) in [6.45, 7) is 1.80. The maximum Gasteiger partial charge on any atom is 0.267 e. The van der Waals surface area contributed by atoms with Crippen molar-refractivity contribution in [3.63, 3.8) is 0 Å². The molecule has 0 unspecified atom stereocenters. The number of aromatic amines is 1. The van der Waals surface area contributed by atoms with Crippen LogP contribution in [0.1, 0.15) is 13.3 Å².